The zero-order valence-electron chi connectivity index (χ0n) is 12.2. The van der Waals surface area contributed by atoms with Crippen molar-refractivity contribution >= 4 is 14.3 Å². The first-order chi connectivity index (χ1) is 7.96. The highest BCUT2D eigenvalue weighted by Crippen LogP contribution is 2.25. The first-order valence-electron chi connectivity index (χ1n) is 6.80. The van der Waals surface area contributed by atoms with Gasteiger partial charge in [0, 0.05) is 0 Å². The third-order valence-electron chi connectivity index (χ3n) is 3.73. The first kappa shape index (κ1) is 16.6. The van der Waals surface area contributed by atoms with E-state index in [0.29, 0.717) is 6.61 Å². The lowest BCUT2D eigenvalue weighted by atomic mass is 10.1. The summed E-state index contributed by atoms with van der Waals surface area (Å²) in [7, 11) is -1.62. The molecule has 0 bridgehead atoms. The van der Waals surface area contributed by atoms with Gasteiger partial charge in [-0.1, -0.05) is 20.8 Å². The molecule has 0 aromatic rings. The molecular formula is C13H28O3Si. The maximum atomic E-state index is 11.6. The number of carbonyl (C=O) groups excluding carboxylic acids is 1. The fourth-order valence-electron chi connectivity index (χ4n) is 1.96. The molecule has 102 valence electrons. The molecule has 4 heteroatoms. The Labute approximate surface area is 107 Å². The van der Waals surface area contributed by atoms with Crippen molar-refractivity contribution in [1.29, 1.82) is 0 Å². The molecule has 0 aliphatic rings. The monoisotopic (exact) mass is 260 g/mol. The minimum atomic E-state index is -1.62. The summed E-state index contributed by atoms with van der Waals surface area (Å²) < 4.78 is 11.3. The number of hydrogen-bond donors (Lipinski definition) is 0. The van der Waals surface area contributed by atoms with Crippen LogP contribution >= 0.6 is 0 Å². The van der Waals surface area contributed by atoms with E-state index in [9.17, 15) is 4.79 Å². The summed E-state index contributed by atoms with van der Waals surface area (Å²) in [5.74, 6) is -0.322. The van der Waals surface area contributed by atoms with E-state index in [1.807, 2.05) is 20.8 Å². The molecule has 0 rings (SSSR count). The predicted octanol–water partition coefficient (Wildman–Crippen LogP) is 3.60. The SMILES string of the molecule is CCOC(=O)[C@@H](C)[C@H](C)O[Si](CC)(CC)CC. The van der Waals surface area contributed by atoms with Gasteiger partial charge in [0.25, 0.3) is 0 Å². The van der Waals surface area contributed by atoms with Crippen LogP contribution in [0.1, 0.15) is 41.5 Å². The second kappa shape index (κ2) is 7.87. The van der Waals surface area contributed by atoms with Gasteiger partial charge in [-0.25, -0.2) is 0 Å². The van der Waals surface area contributed by atoms with Crippen LogP contribution in [0.4, 0.5) is 0 Å². The normalized spacial score (nSPS) is 15.4. The molecule has 0 heterocycles. The first-order valence-corrected chi connectivity index (χ1v) is 9.33. The molecule has 0 radical (unpaired) electrons. The van der Waals surface area contributed by atoms with Crippen LogP contribution in [0.2, 0.25) is 18.1 Å². The minimum absolute atomic E-state index is 0.0411. The van der Waals surface area contributed by atoms with Crippen molar-refractivity contribution in [3.05, 3.63) is 0 Å². The van der Waals surface area contributed by atoms with Gasteiger partial charge in [0.05, 0.1) is 18.6 Å². The smallest absolute Gasteiger partial charge is 0.311 e. The minimum Gasteiger partial charge on any atom is -0.466 e. The van der Waals surface area contributed by atoms with Crippen molar-refractivity contribution in [2.75, 3.05) is 6.61 Å². The van der Waals surface area contributed by atoms with Crippen molar-refractivity contribution in [1.82, 2.24) is 0 Å². The molecule has 0 N–H and O–H groups in total. The fraction of sp³-hybridized carbons (Fsp3) is 0.923. The zero-order valence-corrected chi connectivity index (χ0v) is 13.2. The van der Waals surface area contributed by atoms with Gasteiger partial charge in [-0.2, -0.15) is 0 Å². The molecule has 3 nitrogen and oxygen atoms in total. The number of rotatable bonds is 8. The second-order valence-electron chi connectivity index (χ2n) is 4.61. The van der Waals surface area contributed by atoms with Gasteiger partial charge < -0.3 is 9.16 Å². The van der Waals surface area contributed by atoms with Gasteiger partial charge in [0.2, 0.25) is 0 Å². The number of esters is 1. The van der Waals surface area contributed by atoms with E-state index in [-0.39, 0.29) is 18.0 Å². The summed E-state index contributed by atoms with van der Waals surface area (Å²) in [4.78, 5) is 11.6. The highest BCUT2D eigenvalue weighted by Gasteiger charge is 2.34. The van der Waals surface area contributed by atoms with Crippen molar-refractivity contribution in [3.63, 3.8) is 0 Å². The van der Waals surface area contributed by atoms with Crippen LogP contribution < -0.4 is 0 Å². The Balaban J connectivity index is 4.49. The fourth-order valence-corrected chi connectivity index (χ4v) is 4.95. The van der Waals surface area contributed by atoms with E-state index in [1.165, 1.54) is 0 Å². The Kier molecular flexibility index (Phi) is 7.71. The van der Waals surface area contributed by atoms with Crippen molar-refractivity contribution < 1.29 is 14.0 Å². The van der Waals surface area contributed by atoms with Crippen molar-refractivity contribution in [2.24, 2.45) is 5.92 Å². The lowest BCUT2D eigenvalue weighted by Gasteiger charge is -2.33. The third kappa shape index (κ3) is 4.80. The van der Waals surface area contributed by atoms with Gasteiger partial charge in [-0.05, 0) is 38.9 Å². The van der Waals surface area contributed by atoms with E-state index < -0.39 is 8.32 Å². The summed E-state index contributed by atoms with van der Waals surface area (Å²) in [5, 5.41) is 0. The van der Waals surface area contributed by atoms with Crippen LogP contribution in [0, 0.1) is 5.92 Å². The van der Waals surface area contributed by atoms with Gasteiger partial charge in [0.15, 0.2) is 8.32 Å². The summed E-state index contributed by atoms with van der Waals surface area (Å²) in [5.41, 5.74) is 0. The van der Waals surface area contributed by atoms with Gasteiger partial charge in [-0.15, -0.1) is 0 Å². The van der Waals surface area contributed by atoms with Crippen LogP contribution in [0.25, 0.3) is 0 Å². The van der Waals surface area contributed by atoms with Crippen molar-refractivity contribution in [2.45, 2.75) is 65.8 Å². The van der Waals surface area contributed by atoms with Crippen LogP contribution in [-0.4, -0.2) is 27.0 Å². The third-order valence-corrected chi connectivity index (χ3v) is 8.47. The molecule has 17 heavy (non-hydrogen) atoms. The predicted molar refractivity (Wildman–Crippen MR) is 73.5 cm³/mol. The van der Waals surface area contributed by atoms with E-state index in [2.05, 4.69) is 20.8 Å². The Hall–Kier alpha value is -0.353. The molecular weight excluding hydrogens is 232 g/mol. The molecule has 0 spiro atoms. The van der Waals surface area contributed by atoms with Gasteiger partial charge in [-0.3, -0.25) is 4.79 Å². The van der Waals surface area contributed by atoms with E-state index in [0.717, 1.165) is 18.1 Å². The Morgan fingerprint density at radius 3 is 1.88 bits per heavy atom. The van der Waals surface area contributed by atoms with Crippen molar-refractivity contribution in [3.8, 4) is 0 Å². The van der Waals surface area contributed by atoms with Gasteiger partial charge >= 0.3 is 5.97 Å². The molecule has 0 fully saturated rings. The highest BCUT2D eigenvalue weighted by atomic mass is 28.4. The molecule has 0 saturated carbocycles. The van der Waals surface area contributed by atoms with E-state index in [4.69, 9.17) is 9.16 Å². The molecule has 2 atom stereocenters. The molecule has 0 aromatic heterocycles. The number of hydrogen-bond acceptors (Lipinski definition) is 3. The second-order valence-corrected chi connectivity index (χ2v) is 9.33. The summed E-state index contributed by atoms with van der Waals surface area (Å²) >= 11 is 0. The molecule has 0 amide bonds. The summed E-state index contributed by atoms with van der Waals surface area (Å²) in [6.07, 6.45) is -0.0411. The molecule has 0 aliphatic heterocycles. The van der Waals surface area contributed by atoms with Crippen LogP contribution in [-0.2, 0) is 14.0 Å². The average molecular weight is 260 g/mol. The molecule has 0 aliphatic carbocycles. The number of ether oxygens (including phenoxy) is 1. The lowest BCUT2D eigenvalue weighted by Crippen LogP contribution is -2.42. The highest BCUT2D eigenvalue weighted by molar-refractivity contribution is 6.73. The Bertz CT molecular complexity index is 218. The van der Waals surface area contributed by atoms with E-state index in [1.54, 1.807) is 0 Å². The van der Waals surface area contributed by atoms with Crippen LogP contribution in [0.5, 0.6) is 0 Å². The topological polar surface area (TPSA) is 35.5 Å². The van der Waals surface area contributed by atoms with Crippen LogP contribution in [0.15, 0.2) is 0 Å². The standard InChI is InChI=1S/C13H28O3Si/c1-7-15-13(14)11(5)12(6)16-17(8-2,9-3)10-4/h11-12H,7-10H2,1-6H3/t11-,12-/m0/s1. The van der Waals surface area contributed by atoms with Crippen LogP contribution in [0.3, 0.4) is 0 Å². The van der Waals surface area contributed by atoms with Gasteiger partial charge in [0.1, 0.15) is 0 Å². The Morgan fingerprint density at radius 1 is 1.06 bits per heavy atom. The number of carbonyl (C=O) groups is 1. The zero-order chi connectivity index (χ0) is 13.5. The summed E-state index contributed by atoms with van der Waals surface area (Å²) in [6, 6.07) is 3.33. The lowest BCUT2D eigenvalue weighted by molar-refractivity contribution is -0.150. The Morgan fingerprint density at radius 2 is 1.53 bits per heavy atom. The largest absolute Gasteiger partial charge is 0.466 e. The molecule has 0 unspecified atom stereocenters. The maximum absolute atomic E-state index is 11.6. The molecule has 0 aromatic carbocycles. The average Bonchev–Trinajstić information content (AvgIpc) is 2.35. The quantitative estimate of drug-likeness (QED) is 0.494. The van der Waals surface area contributed by atoms with E-state index >= 15 is 0 Å². The summed E-state index contributed by atoms with van der Waals surface area (Å²) in [6.45, 7) is 12.7. The maximum Gasteiger partial charge on any atom is 0.311 e. The molecule has 0 saturated heterocycles.